The highest BCUT2D eigenvalue weighted by molar-refractivity contribution is 5.42. The quantitative estimate of drug-likeness (QED) is 0.405. The Bertz CT molecular complexity index is 423. The predicted molar refractivity (Wildman–Crippen MR) is 77.4 cm³/mol. The first-order valence-electron chi connectivity index (χ1n) is 6.55. The van der Waals surface area contributed by atoms with Crippen LogP contribution in [0.1, 0.15) is 49.8 Å². The van der Waals surface area contributed by atoms with Crippen molar-refractivity contribution in [3.63, 3.8) is 0 Å². The van der Waals surface area contributed by atoms with E-state index < -0.39 is 0 Å². The summed E-state index contributed by atoms with van der Waals surface area (Å²) in [6.07, 6.45) is 6.06. The van der Waals surface area contributed by atoms with Gasteiger partial charge in [-0.15, -0.1) is 6.58 Å². The van der Waals surface area contributed by atoms with Gasteiger partial charge in [0, 0.05) is 19.1 Å². The van der Waals surface area contributed by atoms with Crippen LogP contribution in [0.4, 0.5) is 0 Å². The van der Waals surface area contributed by atoms with Crippen molar-refractivity contribution in [3.8, 4) is 11.8 Å². The van der Waals surface area contributed by atoms with E-state index in [0.29, 0.717) is 0 Å². The van der Waals surface area contributed by atoms with Crippen molar-refractivity contribution in [2.45, 2.75) is 38.7 Å². The highest BCUT2D eigenvalue weighted by Gasteiger charge is 2.11. The zero-order valence-corrected chi connectivity index (χ0v) is 11.4. The molecule has 0 aromatic heterocycles. The van der Waals surface area contributed by atoms with E-state index in [-0.39, 0.29) is 6.10 Å². The fourth-order valence-corrected chi connectivity index (χ4v) is 1.82. The number of rotatable bonds is 6. The second-order valence-corrected chi connectivity index (χ2v) is 4.24. The van der Waals surface area contributed by atoms with E-state index in [1.165, 1.54) is 6.42 Å². The number of unbranched alkanes of at least 4 members (excludes halogenated alkanes) is 2. The Labute approximate surface area is 111 Å². The van der Waals surface area contributed by atoms with Crippen LogP contribution in [-0.2, 0) is 4.74 Å². The summed E-state index contributed by atoms with van der Waals surface area (Å²) in [7, 11) is 1.73. The lowest BCUT2D eigenvalue weighted by Gasteiger charge is -2.15. The van der Waals surface area contributed by atoms with Crippen LogP contribution in [0.3, 0.4) is 0 Å². The van der Waals surface area contributed by atoms with Crippen molar-refractivity contribution >= 4 is 0 Å². The van der Waals surface area contributed by atoms with E-state index in [0.717, 1.165) is 30.4 Å². The number of benzene rings is 1. The van der Waals surface area contributed by atoms with Gasteiger partial charge in [0.15, 0.2) is 0 Å². The Morgan fingerprint density at radius 2 is 2.17 bits per heavy atom. The molecule has 18 heavy (non-hydrogen) atoms. The van der Waals surface area contributed by atoms with Crippen molar-refractivity contribution < 1.29 is 4.74 Å². The van der Waals surface area contributed by atoms with E-state index in [1.54, 1.807) is 7.11 Å². The predicted octanol–water partition coefficient (Wildman–Crippen LogP) is 4.49. The van der Waals surface area contributed by atoms with Gasteiger partial charge in [-0.05, 0) is 24.5 Å². The molecule has 0 spiro atoms. The molecule has 0 aliphatic carbocycles. The first-order chi connectivity index (χ1) is 8.83. The van der Waals surface area contributed by atoms with Crippen molar-refractivity contribution in [1.82, 2.24) is 0 Å². The fourth-order valence-electron chi connectivity index (χ4n) is 1.82. The molecular weight excluding hydrogens is 220 g/mol. The monoisotopic (exact) mass is 242 g/mol. The largest absolute Gasteiger partial charge is 0.376 e. The number of ether oxygens (including phenoxy) is 1. The van der Waals surface area contributed by atoms with E-state index in [2.05, 4.69) is 37.5 Å². The Morgan fingerprint density at radius 1 is 1.39 bits per heavy atom. The summed E-state index contributed by atoms with van der Waals surface area (Å²) in [5.41, 5.74) is 2.23. The van der Waals surface area contributed by atoms with Gasteiger partial charge in [-0.3, -0.25) is 0 Å². The molecule has 0 saturated heterocycles. The molecule has 0 fully saturated rings. The van der Waals surface area contributed by atoms with Gasteiger partial charge in [-0.25, -0.2) is 0 Å². The summed E-state index contributed by atoms with van der Waals surface area (Å²) < 4.78 is 5.51. The molecule has 1 nitrogen and oxygen atoms in total. The number of hydrogen-bond donors (Lipinski definition) is 0. The van der Waals surface area contributed by atoms with Crippen molar-refractivity contribution in [1.29, 1.82) is 0 Å². The molecule has 0 aliphatic rings. The molecule has 1 atom stereocenters. The van der Waals surface area contributed by atoms with Crippen LogP contribution in [0.5, 0.6) is 0 Å². The van der Waals surface area contributed by atoms with Crippen LogP contribution in [0.25, 0.3) is 0 Å². The molecule has 1 unspecified atom stereocenters. The van der Waals surface area contributed by atoms with Crippen molar-refractivity contribution in [3.05, 3.63) is 48.0 Å². The van der Waals surface area contributed by atoms with Crippen LogP contribution < -0.4 is 0 Å². The molecule has 0 heterocycles. The van der Waals surface area contributed by atoms with Crippen LogP contribution >= 0.6 is 0 Å². The van der Waals surface area contributed by atoms with Crippen molar-refractivity contribution in [2.24, 2.45) is 0 Å². The molecule has 1 aromatic rings. The lowest BCUT2D eigenvalue weighted by atomic mass is 10.00. The lowest BCUT2D eigenvalue weighted by Crippen LogP contribution is -2.02. The van der Waals surface area contributed by atoms with Crippen molar-refractivity contribution in [2.75, 3.05) is 7.11 Å². The molecule has 0 N–H and O–H groups in total. The highest BCUT2D eigenvalue weighted by Crippen LogP contribution is 2.23. The normalized spacial score (nSPS) is 11.4. The maximum atomic E-state index is 5.51. The van der Waals surface area contributed by atoms with Gasteiger partial charge < -0.3 is 4.74 Å². The van der Waals surface area contributed by atoms with Gasteiger partial charge in [0.05, 0.1) is 6.10 Å². The topological polar surface area (TPSA) is 9.23 Å². The van der Waals surface area contributed by atoms with Crippen LogP contribution in [0.2, 0.25) is 0 Å². The van der Waals surface area contributed by atoms with Gasteiger partial charge in [0.25, 0.3) is 0 Å². The summed E-state index contributed by atoms with van der Waals surface area (Å²) in [5, 5.41) is 0. The summed E-state index contributed by atoms with van der Waals surface area (Å²) in [5.74, 6) is 6.49. The smallest absolute Gasteiger partial charge is 0.0867 e. The third kappa shape index (κ3) is 4.39. The molecule has 0 saturated carbocycles. The first kappa shape index (κ1) is 14.5. The molecule has 0 amide bonds. The van der Waals surface area contributed by atoms with Gasteiger partial charge >= 0.3 is 0 Å². The third-order valence-electron chi connectivity index (χ3n) is 2.85. The lowest BCUT2D eigenvalue weighted by molar-refractivity contribution is 0.106. The Hall–Kier alpha value is -1.52. The van der Waals surface area contributed by atoms with E-state index in [4.69, 9.17) is 4.74 Å². The molecule has 0 radical (unpaired) electrons. The molecule has 1 aromatic carbocycles. The second-order valence-electron chi connectivity index (χ2n) is 4.24. The molecule has 1 rings (SSSR count). The van der Waals surface area contributed by atoms with Gasteiger partial charge in [-0.1, -0.05) is 49.5 Å². The van der Waals surface area contributed by atoms with Gasteiger partial charge in [-0.2, -0.15) is 0 Å². The maximum absolute atomic E-state index is 5.51. The van der Waals surface area contributed by atoms with Crippen LogP contribution in [-0.4, -0.2) is 7.11 Å². The third-order valence-corrected chi connectivity index (χ3v) is 2.85. The molecule has 1 heteroatoms. The summed E-state index contributed by atoms with van der Waals surface area (Å²) in [6.45, 7) is 5.96. The maximum Gasteiger partial charge on any atom is 0.0867 e. The molecular formula is C17H22O. The number of hydrogen-bond acceptors (Lipinski definition) is 1. The standard InChI is InChI=1S/C17H22O/c1-4-6-7-8-12-15-13-9-10-14-16(15)17(18-3)11-5-2/h5,9-10,13-14,17H,2,4,6-7,11H2,1,3H3. The first-order valence-corrected chi connectivity index (χ1v) is 6.55. The summed E-state index contributed by atoms with van der Waals surface area (Å²) >= 11 is 0. The Balaban J connectivity index is 2.89. The Morgan fingerprint density at radius 3 is 2.83 bits per heavy atom. The van der Waals surface area contributed by atoms with E-state index in [1.807, 2.05) is 18.2 Å². The number of methoxy groups -OCH3 is 1. The zero-order valence-electron chi connectivity index (χ0n) is 11.4. The van der Waals surface area contributed by atoms with Crippen LogP contribution in [0, 0.1) is 11.8 Å². The van der Waals surface area contributed by atoms with Gasteiger partial charge in [0.1, 0.15) is 0 Å². The van der Waals surface area contributed by atoms with Crippen LogP contribution in [0.15, 0.2) is 36.9 Å². The highest BCUT2D eigenvalue weighted by atomic mass is 16.5. The second kappa shape index (κ2) is 8.55. The summed E-state index contributed by atoms with van der Waals surface area (Å²) in [4.78, 5) is 0. The molecule has 0 aliphatic heterocycles. The Kier molecular flexibility index (Phi) is 6.91. The minimum Gasteiger partial charge on any atom is -0.376 e. The van der Waals surface area contributed by atoms with E-state index in [9.17, 15) is 0 Å². The molecule has 96 valence electrons. The zero-order chi connectivity index (χ0) is 13.2. The fraction of sp³-hybridized carbons (Fsp3) is 0.412. The van der Waals surface area contributed by atoms with Gasteiger partial charge in [0.2, 0.25) is 0 Å². The van der Waals surface area contributed by atoms with E-state index >= 15 is 0 Å². The average molecular weight is 242 g/mol. The minimum absolute atomic E-state index is 0.0548. The summed E-state index contributed by atoms with van der Waals surface area (Å²) in [6, 6.07) is 8.19. The minimum atomic E-state index is 0.0548. The molecule has 0 bridgehead atoms. The average Bonchev–Trinajstić information content (AvgIpc) is 2.42. The SMILES string of the molecule is C=CCC(OC)c1ccccc1C#CCCCC.